The summed E-state index contributed by atoms with van der Waals surface area (Å²) in [4.78, 5) is 12.2. The minimum absolute atomic E-state index is 0. The molecule has 1 aromatic carbocycles. The third-order valence-corrected chi connectivity index (χ3v) is 3.82. The summed E-state index contributed by atoms with van der Waals surface area (Å²) < 4.78 is 1.82. The van der Waals surface area contributed by atoms with Crippen molar-refractivity contribution in [3.63, 3.8) is 0 Å². The van der Waals surface area contributed by atoms with Gasteiger partial charge in [0.25, 0.3) is 0 Å². The number of nitrogens with zero attached hydrogens (tertiary/aromatic N) is 2. The molecule has 1 aliphatic heterocycles. The fourth-order valence-electron chi connectivity index (χ4n) is 2.68. The zero-order valence-corrected chi connectivity index (χ0v) is 13.2. The molecule has 2 N–H and O–H groups in total. The third kappa shape index (κ3) is 3.87. The van der Waals surface area contributed by atoms with E-state index in [1.165, 1.54) is 0 Å². The van der Waals surface area contributed by atoms with Gasteiger partial charge in [-0.05, 0) is 37.1 Å². The highest BCUT2D eigenvalue weighted by molar-refractivity contribution is 5.85. The van der Waals surface area contributed by atoms with Gasteiger partial charge in [-0.1, -0.05) is 24.6 Å². The van der Waals surface area contributed by atoms with Crippen molar-refractivity contribution in [2.45, 2.75) is 31.8 Å². The Bertz CT molecular complexity index is 594. The quantitative estimate of drug-likeness (QED) is 0.906. The van der Waals surface area contributed by atoms with Crippen LogP contribution in [-0.2, 0) is 11.3 Å². The van der Waals surface area contributed by atoms with Crippen LogP contribution in [0.1, 0.15) is 24.8 Å². The van der Waals surface area contributed by atoms with Crippen LogP contribution in [0.5, 0.6) is 0 Å². The molecule has 0 spiro atoms. The molecule has 3 rings (SSSR count). The summed E-state index contributed by atoms with van der Waals surface area (Å²) in [6.07, 6.45) is 6.86. The Balaban J connectivity index is 0.00000176. The smallest absolute Gasteiger partial charge is 0.237 e. The first-order valence-corrected chi connectivity index (χ1v) is 7.43. The molecule has 6 heteroatoms. The number of aromatic nitrogens is 2. The monoisotopic (exact) mass is 320 g/mol. The van der Waals surface area contributed by atoms with Gasteiger partial charge in [-0.2, -0.15) is 5.10 Å². The van der Waals surface area contributed by atoms with Gasteiger partial charge in [0.2, 0.25) is 5.91 Å². The first kappa shape index (κ1) is 16.5. The molecule has 1 amide bonds. The number of para-hydroxylation sites is 1. The van der Waals surface area contributed by atoms with Crippen LogP contribution in [0.2, 0.25) is 0 Å². The summed E-state index contributed by atoms with van der Waals surface area (Å²) in [6, 6.07) is 9.83. The van der Waals surface area contributed by atoms with E-state index in [1.807, 2.05) is 41.2 Å². The molecular weight excluding hydrogens is 300 g/mol. The van der Waals surface area contributed by atoms with E-state index >= 15 is 0 Å². The lowest BCUT2D eigenvalue weighted by atomic mass is 10.0. The summed E-state index contributed by atoms with van der Waals surface area (Å²) in [7, 11) is 0. The van der Waals surface area contributed by atoms with Crippen LogP contribution in [0.25, 0.3) is 5.69 Å². The van der Waals surface area contributed by atoms with E-state index in [9.17, 15) is 4.79 Å². The summed E-state index contributed by atoms with van der Waals surface area (Å²) >= 11 is 0. The van der Waals surface area contributed by atoms with Crippen molar-refractivity contribution in [2.75, 3.05) is 6.54 Å². The molecule has 0 radical (unpaired) electrons. The molecule has 1 unspecified atom stereocenters. The maximum atomic E-state index is 12.2. The van der Waals surface area contributed by atoms with E-state index < -0.39 is 0 Å². The van der Waals surface area contributed by atoms with Crippen LogP contribution in [0.3, 0.4) is 0 Å². The number of piperidine rings is 1. The van der Waals surface area contributed by atoms with Crippen LogP contribution >= 0.6 is 12.4 Å². The predicted molar refractivity (Wildman–Crippen MR) is 88.3 cm³/mol. The molecule has 1 fully saturated rings. The zero-order valence-electron chi connectivity index (χ0n) is 12.4. The van der Waals surface area contributed by atoms with Crippen molar-refractivity contribution in [1.82, 2.24) is 20.4 Å². The van der Waals surface area contributed by atoms with E-state index in [2.05, 4.69) is 15.7 Å². The van der Waals surface area contributed by atoms with Gasteiger partial charge < -0.3 is 10.6 Å². The zero-order chi connectivity index (χ0) is 14.5. The molecule has 2 aromatic rings. The molecule has 0 bridgehead atoms. The number of carbonyl (C=O) groups is 1. The Morgan fingerprint density at radius 3 is 2.91 bits per heavy atom. The number of hydrogen-bond acceptors (Lipinski definition) is 3. The Kier molecular flexibility index (Phi) is 5.98. The Morgan fingerprint density at radius 1 is 1.32 bits per heavy atom. The second-order valence-corrected chi connectivity index (χ2v) is 5.30. The first-order chi connectivity index (χ1) is 10.3. The fraction of sp³-hybridized carbons (Fsp3) is 0.375. The number of carbonyl (C=O) groups excluding carboxylic acids is 1. The average molecular weight is 321 g/mol. The normalized spacial score (nSPS) is 17.5. The molecule has 5 nitrogen and oxygen atoms in total. The van der Waals surface area contributed by atoms with Crippen molar-refractivity contribution < 1.29 is 4.79 Å². The average Bonchev–Trinajstić information content (AvgIpc) is 3.08. The van der Waals surface area contributed by atoms with Crippen LogP contribution in [0.4, 0.5) is 0 Å². The number of benzene rings is 1. The largest absolute Gasteiger partial charge is 0.351 e. The fourth-order valence-corrected chi connectivity index (χ4v) is 2.68. The summed E-state index contributed by atoms with van der Waals surface area (Å²) in [5.74, 6) is 0.0879. The summed E-state index contributed by atoms with van der Waals surface area (Å²) in [5.41, 5.74) is 2.06. The molecule has 1 saturated heterocycles. The summed E-state index contributed by atoms with van der Waals surface area (Å²) in [5, 5.41) is 10.6. The van der Waals surface area contributed by atoms with Crippen molar-refractivity contribution >= 4 is 18.3 Å². The highest BCUT2D eigenvalue weighted by Crippen LogP contribution is 2.13. The van der Waals surface area contributed by atoms with Gasteiger partial charge in [0.1, 0.15) is 0 Å². The van der Waals surface area contributed by atoms with Crippen molar-refractivity contribution in [3.8, 4) is 5.69 Å². The number of nitrogens with one attached hydrogen (secondary N) is 2. The van der Waals surface area contributed by atoms with Gasteiger partial charge in [-0.3, -0.25) is 4.79 Å². The van der Waals surface area contributed by atoms with Crippen molar-refractivity contribution in [1.29, 1.82) is 0 Å². The van der Waals surface area contributed by atoms with E-state index in [-0.39, 0.29) is 24.4 Å². The lowest BCUT2D eigenvalue weighted by Crippen LogP contribution is -2.46. The van der Waals surface area contributed by atoms with Gasteiger partial charge in [0, 0.05) is 18.9 Å². The van der Waals surface area contributed by atoms with E-state index in [0.717, 1.165) is 37.1 Å². The highest BCUT2D eigenvalue weighted by atomic mass is 35.5. The number of hydrogen-bond donors (Lipinski definition) is 2. The second-order valence-electron chi connectivity index (χ2n) is 5.30. The second kappa shape index (κ2) is 7.96. The van der Waals surface area contributed by atoms with Crippen LogP contribution in [0, 0.1) is 0 Å². The standard InChI is InChI=1S/C16H20N4O.ClH/c21-16(14-7-3-4-9-17-14)18-12-13-6-1-2-8-15(13)20-11-5-10-19-20;/h1-2,5-6,8,10-11,14,17H,3-4,7,9,12H2,(H,18,21);1H. The van der Waals surface area contributed by atoms with Crippen LogP contribution in [-0.4, -0.2) is 28.3 Å². The van der Waals surface area contributed by atoms with Gasteiger partial charge >= 0.3 is 0 Å². The molecule has 118 valence electrons. The van der Waals surface area contributed by atoms with E-state index in [1.54, 1.807) is 6.20 Å². The Morgan fingerprint density at radius 2 is 2.18 bits per heavy atom. The molecule has 2 heterocycles. The molecule has 0 aliphatic carbocycles. The minimum Gasteiger partial charge on any atom is -0.351 e. The predicted octanol–water partition coefficient (Wildman–Crippen LogP) is 2.05. The minimum atomic E-state index is -0.0457. The molecule has 1 aromatic heterocycles. The van der Waals surface area contributed by atoms with E-state index in [4.69, 9.17) is 0 Å². The summed E-state index contributed by atoms with van der Waals surface area (Å²) in [6.45, 7) is 1.45. The SMILES string of the molecule is Cl.O=C(NCc1ccccc1-n1cccn1)C1CCCCN1. The van der Waals surface area contributed by atoms with Crippen LogP contribution in [0.15, 0.2) is 42.7 Å². The third-order valence-electron chi connectivity index (χ3n) is 3.82. The molecule has 1 aliphatic rings. The lowest BCUT2D eigenvalue weighted by Gasteiger charge is -2.22. The van der Waals surface area contributed by atoms with Gasteiger partial charge in [-0.25, -0.2) is 4.68 Å². The van der Waals surface area contributed by atoms with Crippen molar-refractivity contribution in [2.24, 2.45) is 0 Å². The number of amides is 1. The van der Waals surface area contributed by atoms with E-state index in [0.29, 0.717) is 6.54 Å². The number of halogens is 1. The van der Waals surface area contributed by atoms with Gasteiger partial charge in [0.05, 0.1) is 11.7 Å². The first-order valence-electron chi connectivity index (χ1n) is 7.43. The molecular formula is C16H21ClN4O. The molecule has 1 atom stereocenters. The molecule has 22 heavy (non-hydrogen) atoms. The maximum Gasteiger partial charge on any atom is 0.237 e. The lowest BCUT2D eigenvalue weighted by molar-refractivity contribution is -0.123. The topological polar surface area (TPSA) is 59.0 Å². The Labute approximate surface area is 136 Å². The highest BCUT2D eigenvalue weighted by Gasteiger charge is 2.20. The van der Waals surface area contributed by atoms with Crippen molar-refractivity contribution in [3.05, 3.63) is 48.3 Å². The molecule has 0 saturated carbocycles. The Hall–Kier alpha value is -1.85. The van der Waals surface area contributed by atoms with Crippen LogP contribution < -0.4 is 10.6 Å². The van der Waals surface area contributed by atoms with Gasteiger partial charge in [0.15, 0.2) is 0 Å². The maximum absolute atomic E-state index is 12.2. The van der Waals surface area contributed by atoms with Gasteiger partial charge in [-0.15, -0.1) is 12.4 Å². The number of rotatable bonds is 4.